The minimum Gasteiger partial charge on any atom is -0.466 e. The van der Waals surface area contributed by atoms with Crippen molar-refractivity contribution in [2.45, 2.75) is 253 Å². The van der Waals surface area contributed by atoms with Crippen LogP contribution in [0.3, 0.4) is 0 Å². The molecule has 4 aliphatic carbocycles. The third-order valence-electron chi connectivity index (χ3n) is 18.5. The Bertz CT molecular complexity index is 1430. The summed E-state index contributed by atoms with van der Waals surface area (Å²) in [6, 6.07) is 0. The van der Waals surface area contributed by atoms with Crippen molar-refractivity contribution in [3.05, 3.63) is 23.8 Å². The molecule has 5 rings (SSSR count). The molecule has 0 N–H and O–H groups in total. The lowest BCUT2D eigenvalue weighted by atomic mass is 9.46. The number of fused-ring (bicyclic) bond motifs is 5. The van der Waals surface area contributed by atoms with E-state index in [1.165, 1.54) is 161 Å². The Balaban J connectivity index is 0.905. The van der Waals surface area contributed by atoms with Gasteiger partial charge < -0.3 is 19.1 Å². The fourth-order valence-electron chi connectivity index (χ4n) is 14.4. The van der Waals surface area contributed by atoms with Crippen molar-refractivity contribution in [3.63, 3.8) is 0 Å². The highest BCUT2D eigenvalue weighted by Crippen LogP contribution is 2.67. The van der Waals surface area contributed by atoms with Crippen LogP contribution in [0.1, 0.15) is 247 Å². The van der Waals surface area contributed by atoms with Crippen LogP contribution in [0.25, 0.3) is 0 Å². The molecule has 0 bridgehead atoms. The number of Topliss-reactive ketones (excluding diaryl/α,β-unsaturated/α-hetero) is 1. The zero-order valence-corrected chi connectivity index (χ0v) is 44.9. The van der Waals surface area contributed by atoms with Gasteiger partial charge in [0, 0.05) is 32.4 Å². The fourth-order valence-corrected chi connectivity index (χ4v) is 14.4. The zero-order chi connectivity index (χ0) is 47.7. The molecule has 9 atom stereocenters. The quantitative estimate of drug-likeness (QED) is 0.0358. The maximum atomic E-state index is 13.2. The van der Waals surface area contributed by atoms with Crippen LogP contribution in [0.5, 0.6) is 0 Å². The van der Waals surface area contributed by atoms with Gasteiger partial charge in [-0.1, -0.05) is 149 Å². The van der Waals surface area contributed by atoms with Crippen LogP contribution in [-0.2, 0) is 23.8 Å². The van der Waals surface area contributed by atoms with Crippen LogP contribution in [0, 0.1) is 52.3 Å². The second-order valence-electron chi connectivity index (χ2n) is 24.1. The highest BCUT2D eigenvalue weighted by atomic mass is 16.5. The van der Waals surface area contributed by atoms with Gasteiger partial charge in [0.05, 0.1) is 32.3 Å². The monoisotopic (exact) mass is 934 g/mol. The summed E-state index contributed by atoms with van der Waals surface area (Å²) in [5, 5.41) is 0. The van der Waals surface area contributed by atoms with E-state index in [0.717, 1.165) is 81.0 Å². The van der Waals surface area contributed by atoms with Crippen molar-refractivity contribution in [1.29, 1.82) is 0 Å². The summed E-state index contributed by atoms with van der Waals surface area (Å²) in [6.07, 6.45) is 46.1. The van der Waals surface area contributed by atoms with Gasteiger partial charge in [-0.05, 0) is 162 Å². The second kappa shape index (κ2) is 31.1. The molecule has 0 spiro atoms. The number of esters is 1. The van der Waals surface area contributed by atoms with Crippen molar-refractivity contribution in [1.82, 2.24) is 4.90 Å². The SMILES string of the molecule is CCCCCCCC/C=C\CCCCCCCCOCC(CN1CCCCC1)OCCCOC(=O)CCC(=O)CC1CCC2(C)C(=CCC3C4CCC(C(C)CCCC(C)C)C4(C)CC[C@@H]32)C1. The standard InChI is InChI=1S/C61H107NO5/c1-7-8-9-10-11-12-13-14-15-16-17-18-19-20-21-25-42-65-48-54(47-62-40-23-22-24-41-62)66-43-27-44-67-59(64)35-31-53(63)46-51-36-38-60(5)52(45-51)30-32-55-57-34-33-56(50(4)29-26-28-49(2)3)61(57,6)39-37-58(55)60/h14-15,30,49-51,54-58H,7-13,16-29,31-48H2,1-6H3/b15-14-/t50?,51?,54?,55?,56?,57?,58-,60?,61?/m0/s1. The molecule has 0 aromatic rings. The number of piperidine rings is 1. The fraction of sp³-hybridized carbons (Fsp3) is 0.902. The zero-order valence-electron chi connectivity index (χ0n) is 44.9. The minimum atomic E-state index is -0.252. The summed E-state index contributed by atoms with van der Waals surface area (Å²) in [7, 11) is 0. The maximum absolute atomic E-state index is 13.2. The Morgan fingerprint density at radius 3 is 2.19 bits per heavy atom. The van der Waals surface area contributed by atoms with Gasteiger partial charge >= 0.3 is 5.97 Å². The number of carbonyl (C=O) groups excluding carboxylic acids is 2. The molecule has 1 saturated heterocycles. The van der Waals surface area contributed by atoms with Crippen molar-refractivity contribution >= 4 is 11.8 Å². The van der Waals surface area contributed by atoms with E-state index in [4.69, 9.17) is 14.2 Å². The topological polar surface area (TPSA) is 65.1 Å². The predicted octanol–water partition coefficient (Wildman–Crippen LogP) is 16.2. The van der Waals surface area contributed by atoms with E-state index in [1.54, 1.807) is 5.57 Å². The lowest BCUT2D eigenvalue weighted by Gasteiger charge is -2.58. The molecular formula is C61H107NO5. The van der Waals surface area contributed by atoms with Crippen LogP contribution >= 0.6 is 0 Å². The van der Waals surface area contributed by atoms with E-state index < -0.39 is 0 Å². The van der Waals surface area contributed by atoms with E-state index in [9.17, 15) is 9.59 Å². The number of hydrogen-bond acceptors (Lipinski definition) is 6. The summed E-state index contributed by atoms with van der Waals surface area (Å²) < 4.78 is 18.1. The molecule has 6 nitrogen and oxygen atoms in total. The first kappa shape index (κ1) is 56.4. The smallest absolute Gasteiger partial charge is 0.306 e. The molecule has 1 aliphatic heterocycles. The van der Waals surface area contributed by atoms with Crippen LogP contribution in [-0.4, -0.2) is 68.8 Å². The molecule has 6 heteroatoms. The Kier molecular flexibility index (Phi) is 26.2. The third-order valence-corrected chi connectivity index (χ3v) is 18.5. The van der Waals surface area contributed by atoms with Crippen LogP contribution in [0.2, 0.25) is 0 Å². The van der Waals surface area contributed by atoms with E-state index in [0.29, 0.717) is 55.8 Å². The van der Waals surface area contributed by atoms with Crippen LogP contribution in [0.15, 0.2) is 23.8 Å². The first-order valence-electron chi connectivity index (χ1n) is 29.5. The van der Waals surface area contributed by atoms with Crippen molar-refractivity contribution < 1.29 is 23.8 Å². The highest BCUT2D eigenvalue weighted by Gasteiger charge is 2.59. The first-order chi connectivity index (χ1) is 32.5. The number of ketones is 1. The van der Waals surface area contributed by atoms with Gasteiger partial charge in [0.1, 0.15) is 5.78 Å². The van der Waals surface area contributed by atoms with Gasteiger partial charge in [0.2, 0.25) is 0 Å². The molecule has 0 aromatic heterocycles. The molecule has 4 fully saturated rings. The molecule has 0 amide bonds. The highest BCUT2D eigenvalue weighted by molar-refractivity contribution is 5.83. The maximum Gasteiger partial charge on any atom is 0.306 e. The summed E-state index contributed by atoms with van der Waals surface area (Å²) in [5.41, 5.74) is 2.49. The third kappa shape index (κ3) is 18.9. The molecule has 67 heavy (non-hydrogen) atoms. The average Bonchev–Trinajstić information content (AvgIpc) is 3.68. The van der Waals surface area contributed by atoms with Crippen LogP contribution in [0.4, 0.5) is 0 Å². The number of allylic oxidation sites excluding steroid dienone is 4. The summed E-state index contributed by atoms with van der Waals surface area (Å²) in [4.78, 5) is 28.5. The van der Waals surface area contributed by atoms with E-state index >= 15 is 0 Å². The first-order valence-corrected chi connectivity index (χ1v) is 29.5. The Morgan fingerprint density at radius 1 is 0.746 bits per heavy atom. The number of nitrogens with zero attached hydrogens (tertiary/aromatic N) is 1. The second-order valence-corrected chi connectivity index (χ2v) is 24.1. The normalized spacial score (nSPS) is 28.5. The number of carbonyl (C=O) groups is 2. The van der Waals surface area contributed by atoms with Gasteiger partial charge in [-0.25, -0.2) is 0 Å². The molecule has 8 unspecified atom stereocenters. The number of rotatable bonds is 35. The Hall–Kier alpha value is -1.50. The number of ether oxygens (including phenoxy) is 3. The molecular weight excluding hydrogens is 827 g/mol. The van der Waals surface area contributed by atoms with E-state index in [2.05, 4.69) is 64.7 Å². The van der Waals surface area contributed by atoms with Gasteiger partial charge in [-0.3, -0.25) is 9.59 Å². The number of likely N-dealkylation sites (tertiary alicyclic amines) is 1. The van der Waals surface area contributed by atoms with Crippen molar-refractivity contribution in [2.24, 2.45) is 52.3 Å². The molecule has 386 valence electrons. The van der Waals surface area contributed by atoms with Crippen LogP contribution < -0.4 is 0 Å². The number of unbranched alkanes of at least 4 members (excludes halogenated alkanes) is 12. The molecule has 3 saturated carbocycles. The van der Waals surface area contributed by atoms with Gasteiger partial charge in [0.15, 0.2) is 0 Å². The van der Waals surface area contributed by atoms with Gasteiger partial charge in [0.25, 0.3) is 0 Å². The van der Waals surface area contributed by atoms with E-state index in [-0.39, 0.29) is 24.3 Å². The Labute approximate surface area is 414 Å². The molecule has 5 aliphatic rings. The summed E-state index contributed by atoms with van der Waals surface area (Å²) in [6.45, 7) is 20.4. The lowest BCUT2D eigenvalue weighted by Crippen LogP contribution is -2.50. The van der Waals surface area contributed by atoms with E-state index in [1.807, 2.05) is 0 Å². The lowest BCUT2D eigenvalue weighted by molar-refractivity contribution is -0.145. The summed E-state index contributed by atoms with van der Waals surface area (Å²) in [5.74, 6) is 5.50. The average molecular weight is 935 g/mol. The predicted molar refractivity (Wildman–Crippen MR) is 281 cm³/mol. The van der Waals surface area contributed by atoms with Gasteiger partial charge in [-0.15, -0.1) is 0 Å². The number of hydrogen-bond donors (Lipinski definition) is 0. The molecule has 0 aromatic carbocycles. The van der Waals surface area contributed by atoms with Gasteiger partial charge in [-0.2, -0.15) is 0 Å². The Morgan fingerprint density at radius 2 is 1.46 bits per heavy atom. The molecule has 0 radical (unpaired) electrons. The largest absolute Gasteiger partial charge is 0.466 e. The van der Waals surface area contributed by atoms with Crippen molar-refractivity contribution in [3.8, 4) is 0 Å². The van der Waals surface area contributed by atoms with Crippen molar-refractivity contribution in [2.75, 3.05) is 46.1 Å². The molecule has 1 heterocycles. The minimum absolute atomic E-state index is 0.0422. The summed E-state index contributed by atoms with van der Waals surface area (Å²) >= 11 is 0.